The molecule has 1 aliphatic heterocycles. The molecule has 2 aromatic carbocycles. The molecule has 0 spiro atoms. The van der Waals surface area contributed by atoms with Gasteiger partial charge < -0.3 is 25.4 Å². The van der Waals surface area contributed by atoms with Gasteiger partial charge in [-0.15, -0.1) is 0 Å². The summed E-state index contributed by atoms with van der Waals surface area (Å²) in [5, 5.41) is 8.03. The maximum atomic E-state index is 13.0. The fourth-order valence-electron chi connectivity index (χ4n) is 3.02. The number of allylic oxidation sites excluding steroid dienone is 1. The van der Waals surface area contributed by atoms with Gasteiger partial charge in [0.05, 0.1) is 24.4 Å². The Morgan fingerprint density at radius 2 is 1.83 bits per heavy atom. The smallest absolute Gasteiger partial charge is 0.387 e. The summed E-state index contributed by atoms with van der Waals surface area (Å²) in [7, 11) is 1.49. The lowest BCUT2D eigenvalue weighted by molar-refractivity contribution is -0.113. The molecule has 3 rings (SSSR count). The number of hydrogen-bond donors (Lipinski definition) is 3. The van der Waals surface area contributed by atoms with E-state index in [1.54, 1.807) is 31.2 Å². The molecule has 1 heterocycles. The van der Waals surface area contributed by atoms with Crippen LogP contribution in [0.5, 0.6) is 11.5 Å². The predicted octanol–water partition coefficient (Wildman–Crippen LogP) is 3.56. The maximum absolute atomic E-state index is 13.0. The van der Waals surface area contributed by atoms with E-state index in [1.165, 1.54) is 31.4 Å². The summed E-state index contributed by atoms with van der Waals surface area (Å²) in [5.41, 5.74) is 1.65. The first-order valence-corrected chi connectivity index (χ1v) is 8.66. The largest absolute Gasteiger partial charge is 0.495 e. The van der Waals surface area contributed by atoms with E-state index < -0.39 is 24.6 Å². The van der Waals surface area contributed by atoms with Gasteiger partial charge in [0.25, 0.3) is 5.91 Å². The quantitative estimate of drug-likeness (QED) is 0.688. The van der Waals surface area contributed by atoms with Crippen LogP contribution in [0.3, 0.4) is 0 Å². The van der Waals surface area contributed by atoms with Crippen molar-refractivity contribution in [3.8, 4) is 11.5 Å². The van der Waals surface area contributed by atoms with Crippen molar-refractivity contribution in [1.29, 1.82) is 0 Å². The average Bonchev–Trinajstić information content (AvgIpc) is 2.67. The number of benzene rings is 2. The highest BCUT2D eigenvalue weighted by Crippen LogP contribution is 2.31. The van der Waals surface area contributed by atoms with E-state index in [1.807, 2.05) is 0 Å². The van der Waals surface area contributed by atoms with E-state index in [0.29, 0.717) is 22.7 Å². The lowest BCUT2D eigenvalue weighted by atomic mass is 9.94. The SMILES string of the molecule is COc1ccccc1NC(=O)C1=C(C)NC(=O)NC1c1ccc(OC(F)F)cc1. The Balaban J connectivity index is 1.90. The van der Waals surface area contributed by atoms with Crippen molar-refractivity contribution in [2.45, 2.75) is 19.6 Å². The molecule has 2 aromatic rings. The second kappa shape index (κ2) is 8.59. The first-order chi connectivity index (χ1) is 13.9. The molecular formula is C20H19F2N3O4. The molecule has 1 atom stereocenters. The van der Waals surface area contributed by atoms with Gasteiger partial charge in [0.2, 0.25) is 0 Å². The van der Waals surface area contributed by atoms with E-state index in [4.69, 9.17) is 4.74 Å². The van der Waals surface area contributed by atoms with Gasteiger partial charge in [-0.2, -0.15) is 8.78 Å². The van der Waals surface area contributed by atoms with Gasteiger partial charge in [-0.05, 0) is 36.8 Å². The fourth-order valence-corrected chi connectivity index (χ4v) is 3.02. The van der Waals surface area contributed by atoms with Crippen LogP contribution in [-0.4, -0.2) is 25.7 Å². The molecule has 0 saturated carbocycles. The van der Waals surface area contributed by atoms with Crippen molar-refractivity contribution in [2.24, 2.45) is 0 Å². The Hall–Kier alpha value is -3.62. The number of ether oxygens (including phenoxy) is 2. The third-order valence-electron chi connectivity index (χ3n) is 4.31. The summed E-state index contributed by atoms with van der Waals surface area (Å²) in [6, 6.07) is 11.4. The fraction of sp³-hybridized carbons (Fsp3) is 0.200. The summed E-state index contributed by atoms with van der Waals surface area (Å²) >= 11 is 0. The molecule has 0 aromatic heterocycles. The van der Waals surface area contributed by atoms with Crippen LogP contribution in [0.4, 0.5) is 19.3 Å². The molecule has 0 aliphatic carbocycles. The molecule has 152 valence electrons. The molecule has 1 unspecified atom stereocenters. The zero-order valence-electron chi connectivity index (χ0n) is 15.7. The minimum atomic E-state index is -2.94. The first-order valence-electron chi connectivity index (χ1n) is 8.66. The normalized spacial score (nSPS) is 16.2. The third kappa shape index (κ3) is 4.63. The Labute approximate surface area is 165 Å². The Bertz CT molecular complexity index is 945. The summed E-state index contributed by atoms with van der Waals surface area (Å²) in [6.07, 6.45) is 0. The number of para-hydroxylation sites is 2. The van der Waals surface area contributed by atoms with Crippen LogP contribution in [0, 0.1) is 0 Å². The lowest BCUT2D eigenvalue weighted by Crippen LogP contribution is -2.45. The molecule has 9 heteroatoms. The number of carbonyl (C=O) groups is 2. The van der Waals surface area contributed by atoms with E-state index in [0.717, 1.165) is 0 Å². The first kappa shape index (κ1) is 20.1. The van der Waals surface area contributed by atoms with Gasteiger partial charge in [0.1, 0.15) is 11.5 Å². The highest BCUT2D eigenvalue weighted by molar-refractivity contribution is 6.07. The van der Waals surface area contributed by atoms with E-state index in [-0.39, 0.29) is 11.3 Å². The van der Waals surface area contributed by atoms with Crippen LogP contribution in [0.25, 0.3) is 0 Å². The zero-order chi connectivity index (χ0) is 21.0. The van der Waals surface area contributed by atoms with Gasteiger partial charge in [-0.3, -0.25) is 4.79 Å². The van der Waals surface area contributed by atoms with Gasteiger partial charge in [0, 0.05) is 5.70 Å². The topological polar surface area (TPSA) is 88.7 Å². The molecule has 3 amide bonds. The Kier molecular flexibility index (Phi) is 5.96. The number of alkyl halides is 2. The van der Waals surface area contributed by atoms with Crippen LogP contribution < -0.4 is 25.4 Å². The van der Waals surface area contributed by atoms with Crippen LogP contribution in [0.15, 0.2) is 59.8 Å². The van der Waals surface area contributed by atoms with Crippen molar-refractivity contribution >= 4 is 17.6 Å². The lowest BCUT2D eigenvalue weighted by Gasteiger charge is -2.29. The number of amides is 3. The zero-order valence-corrected chi connectivity index (χ0v) is 15.7. The van der Waals surface area contributed by atoms with Crippen molar-refractivity contribution in [1.82, 2.24) is 10.6 Å². The molecule has 3 N–H and O–H groups in total. The third-order valence-corrected chi connectivity index (χ3v) is 4.31. The number of rotatable bonds is 6. The maximum Gasteiger partial charge on any atom is 0.387 e. The summed E-state index contributed by atoms with van der Waals surface area (Å²) in [6.45, 7) is -1.33. The van der Waals surface area contributed by atoms with Crippen LogP contribution in [0.1, 0.15) is 18.5 Å². The Morgan fingerprint density at radius 3 is 2.48 bits per heavy atom. The Morgan fingerprint density at radius 1 is 1.14 bits per heavy atom. The number of methoxy groups -OCH3 is 1. The number of carbonyl (C=O) groups excluding carboxylic acids is 2. The highest BCUT2D eigenvalue weighted by atomic mass is 19.3. The number of nitrogens with one attached hydrogen (secondary N) is 3. The van der Waals surface area contributed by atoms with Crippen molar-refractivity contribution in [3.63, 3.8) is 0 Å². The molecule has 0 saturated heterocycles. The van der Waals surface area contributed by atoms with Crippen LogP contribution in [0.2, 0.25) is 0 Å². The predicted molar refractivity (Wildman–Crippen MR) is 102 cm³/mol. The summed E-state index contributed by atoms with van der Waals surface area (Å²) < 4.78 is 34.3. The standard InChI is InChI=1S/C20H19F2N3O4/c1-11-16(18(26)24-14-5-3-4-6-15(14)28-2)17(25-20(27)23-11)12-7-9-13(10-8-12)29-19(21)22/h3-10,17,19H,1-2H3,(H,24,26)(H2,23,25,27). The number of halogens is 2. The second-order valence-electron chi connectivity index (χ2n) is 6.17. The molecule has 29 heavy (non-hydrogen) atoms. The van der Waals surface area contributed by atoms with Crippen LogP contribution in [-0.2, 0) is 4.79 Å². The van der Waals surface area contributed by atoms with E-state index >= 15 is 0 Å². The molecular weight excluding hydrogens is 384 g/mol. The monoisotopic (exact) mass is 403 g/mol. The second-order valence-corrected chi connectivity index (χ2v) is 6.17. The highest BCUT2D eigenvalue weighted by Gasteiger charge is 2.31. The van der Waals surface area contributed by atoms with Crippen molar-refractivity contribution in [2.75, 3.05) is 12.4 Å². The molecule has 0 radical (unpaired) electrons. The molecule has 1 aliphatic rings. The molecule has 0 bridgehead atoms. The minimum Gasteiger partial charge on any atom is -0.495 e. The average molecular weight is 403 g/mol. The number of anilines is 1. The van der Waals surface area contributed by atoms with E-state index in [9.17, 15) is 18.4 Å². The molecule has 7 nitrogen and oxygen atoms in total. The molecule has 0 fully saturated rings. The number of urea groups is 1. The van der Waals surface area contributed by atoms with Crippen molar-refractivity contribution < 1.29 is 27.8 Å². The van der Waals surface area contributed by atoms with Crippen LogP contribution >= 0.6 is 0 Å². The summed E-state index contributed by atoms with van der Waals surface area (Å²) in [4.78, 5) is 25.0. The van der Waals surface area contributed by atoms with Crippen molar-refractivity contribution in [3.05, 3.63) is 65.4 Å². The van der Waals surface area contributed by atoms with Gasteiger partial charge in [-0.1, -0.05) is 24.3 Å². The minimum absolute atomic E-state index is 0.0234. The van der Waals surface area contributed by atoms with Gasteiger partial charge in [0.15, 0.2) is 0 Å². The van der Waals surface area contributed by atoms with Gasteiger partial charge >= 0.3 is 12.6 Å². The van der Waals surface area contributed by atoms with E-state index in [2.05, 4.69) is 20.7 Å². The number of hydrogen-bond acceptors (Lipinski definition) is 4. The summed E-state index contributed by atoms with van der Waals surface area (Å²) in [5.74, 6) is 0.0131. The van der Waals surface area contributed by atoms with Gasteiger partial charge in [-0.25, -0.2) is 4.79 Å².